The summed E-state index contributed by atoms with van der Waals surface area (Å²) in [6.07, 6.45) is 3.08. The molecule has 160 valence electrons. The van der Waals surface area contributed by atoms with E-state index in [1.54, 1.807) is 18.3 Å². The normalized spacial score (nSPS) is 15.5. The van der Waals surface area contributed by atoms with Crippen molar-refractivity contribution < 1.29 is 9.90 Å². The van der Waals surface area contributed by atoms with Crippen LogP contribution >= 0.6 is 0 Å². The van der Waals surface area contributed by atoms with Crippen molar-refractivity contribution in [3.8, 4) is 11.1 Å². The van der Waals surface area contributed by atoms with Gasteiger partial charge in [-0.1, -0.05) is 61.5 Å². The minimum absolute atomic E-state index is 0.0458. The summed E-state index contributed by atoms with van der Waals surface area (Å²) >= 11 is 0. The lowest BCUT2D eigenvalue weighted by molar-refractivity contribution is 0.0697. The molecule has 1 amide bonds. The largest absolute Gasteiger partial charge is 0.387 e. The molecule has 5 nitrogen and oxygen atoms in total. The van der Waals surface area contributed by atoms with Gasteiger partial charge in [-0.2, -0.15) is 0 Å². The lowest BCUT2D eigenvalue weighted by Crippen LogP contribution is -2.37. The third-order valence-corrected chi connectivity index (χ3v) is 5.96. The molecule has 1 aliphatic rings. The maximum Gasteiger partial charge on any atom is 0.255 e. The Morgan fingerprint density at radius 2 is 1.71 bits per heavy atom. The van der Waals surface area contributed by atoms with E-state index in [4.69, 9.17) is 0 Å². The number of rotatable bonds is 6. The molecule has 1 aliphatic heterocycles. The van der Waals surface area contributed by atoms with E-state index in [1.807, 2.05) is 47.4 Å². The van der Waals surface area contributed by atoms with Crippen LogP contribution in [0.1, 0.15) is 41.8 Å². The van der Waals surface area contributed by atoms with Gasteiger partial charge in [0.2, 0.25) is 0 Å². The molecule has 0 radical (unpaired) electrons. The second kappa shape index (κ2) is 9.75. The number of nitrogens with zero attached hydrogens (tertiary/aromatic N) is 2. The number of aromatic nitrogens is 1. The number of carbonyl (C=O) groups excluding carboxylic acids is 1. The number of amides is 1. The third kappa shape index (κ3) is 5.30. The molecule has 2 heterocycles. The summed E-state index contributed by atoms with van der Waals surface area (Å²) in [6.45, 7) is 4.20. The SMILES string of the molecule is CC1CCN(C(=O)c2ccc(NCC(O)c3ccc(-c4ccccc4)cc3)nc2)CC1. The molecule has 1 saturated heterocycles. The fraction of sp³-hybridized carbons (Fsp3) is 0.308. The number of hydrogen-bond donors (Lipinski definition) is 2. The Labute approximate surface area is 183 Å². The summed E-state index contributed by atoms with van der Waals surface area (Å²) in [5.74, 6) is 1.38. The highest BCUT2D eigenvalue weighted by atomic mass is 16.3. The first kappa shape index (κ1) is 21.1. The number of aliphatic hydroxyl groups is 1. The molecule has 0 saturated carbocycles. The summed E-state index contributed by atoms with van der Waals surface area (Å²) in [5, 5.41) is 13.7. The number of piperidine rings is 1. The fourth-order valence-corrected chi connectivity index (χ4v) is 3.87. The number of pyridine rings is 1. The number of anilines is 1. The fourth-order valence-electron chi connectivity index (χ4n) is 3.87. The van der Waals surface area contributed by atoms with Crippen LogP contribution < -0.4 is 5.32 Å². The van der Waals surface area contributed by atoms with Gasteiger partial charge in [-0.15, -0.1) is 0 Å². The highest BCUT2D eigenvalue weighted by Crippen LogP contribution is 2.22. The predicted octanol–water partition coefficient (Wildman–Crippen LogP) is 4.77. The molecule has 2 N–H and O–H groups in total. The molecule has 4 rings (SSSR count). The predicted molar refractivity (Wildman–Crippen MR) is 124 cm³/mol. The molecule has 0 spiro atoms. The number of hydrogen-bond acceptors (Lipinski definition) is 4. The lowest BCUT2D eigenvalue weighted by atomic mass is 9.99. The first-order valence-electron chi connectivity index (χ1n) is 10.9. The van der Waals surface area contributed by atoms with Crippen molar-refractivity contribution >= 4 is 11.7 Å². The highest BCUT2D eigenvalue weighted by Gasteiger charge is 2.21. The minimum Gasteiger partial charge on any atom is -0.387 e. The molecule has 5 heteroatoms. The number of carbonyl (C=O) groups is 1. The van der Waals surface area contributed by atoms with E-state index < -0.39 is 6.10 Å². The van der Waals surface area contributed by atoms with E-state index in [2.05, 4.69) is 29.4 Å². The Hall–Kier alpha value is -3.18. The zero-order valence-electron chi connectivity index (χ0n) is 17.9. The van der Waals surface area contributed by atoms with E-state index in [1.165, 1.54) is 0 Å². The zero-order chi connectivity index (χ0) is 21.6. The number of benzene rings is 2. The smallest absolute Gasteiger partial charge is 0.255 e. The molecule has 3 aromatic rings. The van der Waals surface area contributed by atoms with E-state index in [0.717, 1.165) is 42.6 Å². The second-order valence-corrected chi connectivity index (χ2v) is 8.29. The minimum atomic E-state index is -0.650. The maximum atomic E-state index is 12.6. The van der Waals surface area contributed by atoms with Crippen molar-refractivity contribution in [1.29, 1.82) is 0 Å². The van der Waals surface area contributed by atoms with E-state index in [-0.39, 0.29) is 5.91 Å². The molecular weight excluding hydrogens is 386 g/mol. The Morgan fingerprint density at radius 3 is 2.35 bits per heavy atom. The zero-order valence-corrected chi connectivity index (χ0v) is 17.9. The maximum absolute atomic E-state index is 12.6. The van der Waals surface area contributed by atoms with E-state index in [9.17, 15) is 9.90 Å². The van der Waals surface area contributed by atoms with E-state index >= 15 is 0 Å². The Kier molecular flexibility index (Phi) is 6.63. The number of aliphatic hydroxyl groups excluding tert-OH is 1. The van der Waals surface area contributed by atoms with Crippen molar-refractivity contribution in [1.82, 2.24) is 9.88 Å². The van der Waals surface area contributed by atoms with Crippen LogP contribution in [-0.4, -0.2) is 40.5 Å². The van der Waals surface area contributed by atoms with Gasteiger partial charge < -0.3 is 15.3 Å². The monoisotopic (exact) mass is 415 g/mol. The van der Waals surface area contributed by atoms with Crippen molar-refractivity contribution in [3.05, 3.63) is 84.1 Å². The number of likely N-dealkylation sites (tertiary alicyclic amines) is 1. The van der Waals surface area contributed by atoms with Gasteiger partial charge in [-0.05, 0) is 47.6 Å². The average Bonchev–Trinajstić information content (AvgIpc) is 2.83. The van der Waals surface area contributed by atoms with Gasteiger partial charge in [0, 0.05) is 25.8 Å². The van der Waals surface area contributed by atoms with Crippen LogP contribution in [0.3, 0.4) is 0 Å². The third-order valence-electron chi connectivity index (χ3n) is 5.96. The first-order valence-corrected chi connectivity index (χ1v) is 10.9. The molecule has 2 aromatic carbocycles. The van der Waals surface area contributed by atoms with Crippen LogP contribution in [0.4, 0.5) is 5.82 Å². The topological polar surface area (TPSA) is 65.5 Å². The lowest BCUT2D eigenvalue weighted by Gasteiger charge is -2.30. The van der Waals surface area contributed by atoms with Crippen molar-refractivity contribution in [2.45, 2.75) is 25.9 Å². The van der Waals surface area contributed by atoms with Gasteiger partial charge in [0.15, 0.2) is 0 Å². The van der Waals surface area contributed by atoms with Gasteiger partial charge in [0.1, 0.15) is 5.82 Å². The van der Waals surface area contributed by atoms with Crippen LogP contribution in [0.15, 0.2) is 72.9 Å². The molecule has 0 bridgehead atoms. The van der Waals surface area contributed by atoms with Crippen LogP contribution in [-0.2, 0) is 0 Å². The quantitative estimate of drug-likeness (QED) is 0.609. The summed E-state index contributed by atoms with van der Waals surface area (Å²) in [4.78, 5) is 18.9. The van der Waals surface area contributed by atoms with Gasteiger partial charge >= 0.3 is 0 Å². The molecule has 31 heavy (non-hydrogen) atoms. The van der Waals surface area contributed by atoms with Crippen LogP contribution in [0.25, 0.3) is 11.1 Å². The Bertz CT molecular complexity index is 979. The van der Waals surface area contributed by atoms with Gasteiger partial charge in [-0.3, -0.25) is 4.79 Å². The van der Waals surface area contributed by atoms with Gasteiger partial charge in [0.05, 0.1) is 11.7 Å². The summed E-state index contributed by atoms with van der Waals surface area (Å²) in [6, 6.07) is 21.7. The molecular formula is C26H29N3O2. The average molecular weight is 416 g/mol. The Balaban J connectivity index is 1.31. The van der Waals surface area contributed by atoms with Crippen LogP contribution in [0, 0.1) is 5.92 Å². The molecule has 0 aliphatic carbocycles. The summed E-state index contributed by atoms with van der Waals surface area (Å²) < 4.78 is 0. The summed E-state index contributed by atoms with van der Waals surface area (Å²) in [5.41, 5.74) is 3.73. The van der Waals surface area contributed by atoms with Gasteiger partial charge in [-0.25, -0.2) is 4.98 Å². The van der Waals surface area contributed by atoms with E-state index in [0.29, 0.717) is 23.8 Å². The van der Waals surface area contributed by atoms with Crippen molar-refractivity contribution in [3.63, 3.8) is 0 Å². The summed E-state index contributed by atoms with van der Waals surface area (Å²) in [7, 11) is 0. The second-order valence-electron chi connectivity index (χ2n) is 8.29. The Morgan fingerprint density at radius 1 is 1.03 bits per heavy atom. The van der Waals surface area contributed by atoms with Gasteiger partial charge in [0.25, 0.3) is 5.91 Å². The molecule has 1 unspecified atom stereocenters. The highest BCUT2D eigenvalue weighted by molar-refractivity contribution is 5.94. The van der Waals surface area contributed by atoms with Crippen molar-refractivity contribution in [2.24, 2.45) is 5.92 Å². The van der Waals surface area contributed by atoms with Crippen molar-refractivity contribution in [2.75, 3.05) is 25.0 Å². The number of nitrogens with one attached hydrogen (secondary N) is 1. The molecule has 1 aromatic heterocycles. The van der Waals surface area contributed by atoms with Crippen LogP contribution in [0.5, 0.6) is 0 Å². The molecule has 1 atom stereocenters. The standard InChI is InChI=1S/C26H29N3O2/c1-19-13-15-29(16-14-19)26(31)23-11-12-25(27-17-23)28-18-24(30)22-9-7-21(8-10-22)20-5-3-2-4-6-20/h2-12,17,19,24,30H,13-16,18H2,1H3,(H,27,28). The van der Waals surface area contributed by atoms with Crippen LogP contribution in [0.2, 0.25) is 0 Å². The first-order chi connectivity index (χ1) is 15.1. The molecule has 1 fully saturated rings.